The van der Waals surface area contributed by atoms with Crippen LogP contribution in [-0.2, 0) is 14.4 Å². The Morgan fingerprint density at radius 1 is 1.26 bits per heavy atom. The second-order valence-corrected chi connectivity index (χ2v) is 5.12. The van der Waals surface area contributed by atoms with Gasteiger partial charge in [-0.05, 0) is 24.5 Å². The van der Waals surface area contributed by atoms with Crippen molar-refractivity contribution in [3.8, 4) is 0 Å². The van der Waals surface area contributed by atoms with Crippen molar-refractivity contribution in [2.24, 2.45) is 5.92 Å². The van der Waals surface area contributed by atoms with Crippen LogP contribution in [0.5, 0.6) is 0 Å². The quantitative estimate of drug-likeness (QED) is 0.603. The fourth-order valence-corrected chi connectivity index (χ4v) is 2.02. The molecule has 6 heteroatoms. The molecule has 0 heterocycles. The van der Waals surface area contributed by atoms with Crippen molar-refractivity contribution in [1.82, 2.24) is 10.6 Å². The van der Waals surface area contributed by atoms with Gasteiger partial charge in [0.1, 0.15) is 0 Å². The SMILES string of the molecule is CNc1ccccc1/C=C/CC[C@H](C)C(=O)NCC(=O)NC=O. The zero-order chi connectivity index (χ0) is 17.1. The molecule has 1 rings (SSSR count). The van der Waals surface area contributed by atoms with Crippen molar-refractivity contribution in [1.29, 1.82) is 0 Å². The van der Waals surface area contributed by atoms with E-state index in [0.717, 1.165) is 17.7 Å². The Hall–Kier alpha value is -2.63. The Bertz CT molecular complexity index is 570. The van der Waals surface area contributed by atoms with E-state index in [1.807, 2.05) is 55.7 Å². The summed E-state index contributed by atoms with van der Waals surface area (Å²) >= 11 is 0. The van der Waals surface area contributed by atoms with Crippen LogP contribution in [0.4, 0.5) is 5.69 Å². The molecule has 0 unspecified atom stereocenters. The Morgan fingerprint density at radius 3 is 2.70 bits per heavy atom. The van der Waals surface area contributed by atoms with Crippen LogP contribution >= 0.6 is 0 Å². The molecular formula is C17H23N3O3. The number of benzene rings is 1. The Kier molecular flexibility index (Phi) is 8.13. The van der Waals surface area contributed by atoms with Crippen LogP contribution in [0, 0.1) is 5.92 Å². The fraction of sp³-hybridized carbons (Fsp3) is 0.353. The summed E-state index contributed by atoms with van der Waals surface area (Å²) in [5.74, 6) is -0.928. The molecule has 6 nitrogen and oxygen atoms in total. The third-order valence-electron chi connectivity index (χ3n) is 3.38. The van der Waals surface area contributed by atoms with Crippen molar-refractivity contribution in [3.63, 3.8) is 0 Å². The molecule has 0 aliphatic rings. The molecule has 0 aromatic heterocycles. The van der Waals surface area contributed by atoms with Crippen molar-refractivity contribution < 1.29 is 14.4 Å². The first kappa shape index (κ1) is 18.4. The van der Waals surface area contributed by atoms with Crippen LogP contribution in [-0.4, -0.2) is 31.8 Å². The minimum atomic E-state index is -0.524. The van der Waals surface area contributed by atoms with E-state index in [1.165, 1.54) is 0 Å². The molecular weight excluding hydrogens is 294 g/mol. The first-order valence-corrected chi connectivity index (χ1v) is 7.52. The predicted molar refractivity (Wildman–Crippen MR) is 90.6 cm³/mol. The van der Waals surface area contributed by atoms with Gasteiger partial charge in [-0.3, -0.25) is 19.7 Å². The molecule has 1 aromatic carbocycles. The molecule has 0 aliphatic carbocycles. The lowest BCUT2D eigenvalue weighted by molar-refractivity contribution is -0.129. The summed E-state index contributed by atoms with van der Waals surface area (Å²) in [6.07, 6.45) is 5.78. The highest BCUT2D eigenvalue weighted by Gasteiger charge is 2.12. The van der Waals surface area contributed by atoms with Gasteiger partial charge >= 0.3 is 0 Å². The maximum atomic E-state index is 11.8. The van der Waals surface area contributed by atoms with E-state index in [4.69, 9.17) is 0 Å². The highest BCUT2D eigenvalue weighted by molar-refractivity contribution is 5.90. The van der Waals surface area contributed by atoms with Gasteiger partial charge in [0.25, 0.3) is 0 Å². The predicted octanol–water partition coefficient (Wildman–Crippen LogP) is 1.55. The number of allylic oxidation sites excluding steroid dienone is 1. The van der Waals surface area contributed by atoms with Crippen molar-refractivity contribution in [2.75, 3.05) is 18.9 Å². The molecule has 0 radical (unpaired) electrons. The molecule has 23 heavy (non-hydrogen) atoms. The highest BCUT2D eigenvalue weighted by Crippen LogP contribution is 2.16. The molecule has 0 bridgehead atoms. The first-order valence-electron chi connectivity index (χ1n) is 7.52. The largest absolute Gasteiger partial charge is 0.388 e. The number of para-hydroxylation sites is 1. The Labute approximate surface area is 136 Å². The minimum Gasteiger partial charge on any atom is -0.388 e. The number of rotatable bonds is 9. The minimum absolute atomic E-state index is 0.187. The number of imide groups is 1. The normalized spacial score (nSPS) is 11.7. The summed E-state index contributed by atoms with van der Waals surface area (Å²) < 4.78 is 0. The van der Waals surface area contributed by atoms with Gasteiger partial charge in [-0.2, -0.15) is 0 Å². The summed E-state index contributed by atoms with van der Waals surface area (Å²) in [6, 6.07) is 7.96. The third kappa shape index (κ3) is 6.78. The van der Waals surface area contributed by atoms with Crippen molar-refractivity contribution in [3.05, 3.63) is 35.9 Å². The summed E-state index contributed by atoms with van der Waals surface area (Å²) in [5, 5.41) is 7.59. The topological polar surface area (TPSA) is 87.3 Å². The van der Waals surface area contributed by atoms with E-state index in [-0.39, 0.29) is 18.4 Å². The second-order valence-electron chi connectivity index (χ2n) is 5.12. The molecule has 0 aliphatic heterocycles. The third-order valence-corrected chi connectivity index (χ3v) is 3.38. The average Bonchev–Trinajstić information content (AvgIpc) is 2.56. The number of amides is 3. The van der Waals surface area contributed by atoms with E-state index in [2.05, 4.69) is 10.6 Å². The van der Waals surface area contributed by atoms with Gasteiger partial charge in [-0.15, -0.1) is 0 Å². The lowest BCUT2D eigenvalue weighted by Crippen LogP contribution is -2.38. The number of hydrogen-bond donors (Lipinski definition) is 3. The second kappa shape index (κ2) is 10.2. The summed E-state index contributed by atoms with van der Waals surface area (Å²) in [6.45, 7) is 1.62. The number of carbonyl (C=O) groups is 3. The molecule has 0 fully saturated rings. The summed E-state index contributed by atoms with van der Waals surface area (Å²) in [7, 11) is 1.87. The molecule has 1 atom stereocenters. The van der Waals surface area contributed by atoms with Crippen molar-refractivity contribution >= 4 is 30.0 Å². The maximum Gasteiger partial charge on any atom is 0.245 e. The van der Waals surface area contributed by atoms with E-state index in [9.17, 15) is 14.4 Å². The number of carbonyl (C=O) groups excluding carboxylic acids is 3. The maximum absolute atomic E-state index is 11.8. The monoisotopic (exact) mass is 317 g/mol. The van der Waals surface area contributed by atoms with Gasteiger partial charge in [-0.25, -0.2) is 0 Å². The standard InChI is InChI=1S/C17H23N3O3/c1-13(17(23)19-11-16(22)20-12-21)7-3-4-8-14-9-5-6-10-15(14)18-2/h4-6,8-10,12-13,18H,3,7,11H2,1-2H3,(H,19,23)(H,20,21,22)/b8-4+/t13-/m0/s1. The smallest absolute Gasteiger partial charge is 0.245 e. The Morgan fingerprint density at radius 2 is 2.00 bits per heavy atom. The Balaban J connectivity index is 2.36. The van der Waals surface area contributed by atoms with Crippen molar-refractivity contribution in [2.45, 2.75) is 19.8 Å². The van der Waals surface area contributed by atoms with E-state index in [1.54, 1.807) is 0 Å². The number of nitrogens with one attached hydrogen (secondary N) is 3. The van der Waals surface area contributed by atoms with Crippen LogP contribution in [0.2, 0.25) is 0 Å². The van der Waals surface area contributed by atoms with Crippen LogP contribution in [0.25, 0.3) is 6.08 Å². The van der Waals surface area contributed by atoms with Gasteiger partial charge in [0.15, 0.2) is 0 Å². The van der Waals surface area contributed by atoms with Gasteiger partial charge in [0, 0.05) is 18.7 Å². The van der Waals surface area contributed by atoms with Gasteiger partial charge in [0.2, 0.25) is 18.2 Å². The fourth-order valence-electron chi connectivity index (χ4n) is 2.02. The van der Waals surface area contributed by atoms with Crippen LogP contribution < -0.4 is 16.0 Å². The van der Waals surface area contributed by atoms with Crippen LogP contribution in [0.1, 0.15) is 25.3 Å². The van der Waals surface area contributed by atoms with E-state index in [0.29, 0.717) is 12.8 Å². The van der Waals surface area contributed by atoms with Gasteiger partial charge in [0.05, 0.1) is 6.54 Å². The molecule has 0 spiro atoms. The highest BCUT2D eigenvalue weighted by atomic mass is 16.2. The average molecular weight is 317 g/mol. The first-order chi connectivity index (χ1) is 11.1. The molecule has 124 valence electrons. The molecule has 0 saturated heterocycles. The van der Waals surface area contributed by atoms with Gasteiger partial charge < -0.3 is 10.6 Å². The molecule has 1 aromatic rings. The van der Waals surface area contributed by atoms with E-state index >= 15 is 0 Å². The summed E-state index contributed by atoms with van der Waals surface area (Å²) in [5.41, 5.74) is 2.15. The van der Waals surface area contributed by atoms with E-state index < -0.39 is 5.91 Å². The lowest BCUT2D eigenvalue weighted by atomic mass is 10.0. The zero-order valence-corrected chi connectivity index (χ0v) is 13.5. The zero-order valence-electron chi connectivity index (χ0n) is 13.5. The summed E-state index contributed by atoms with van der Waals surface area (Å²) in [4.78, 5) is 33.0. The van der Waals surface area contributed by atoms with Crippen LogP contribution in [0.15, 0.2) is 30.3 Å². The molecule has 0 saturated carbocycles. The van der Waals surface area contributed by atoms with Gasteiger partial charge in [-0.1, -0.05) is 37.3 Å². The lowest BCUT2D eigenvalue weighted by Gasteiger charge is -2.10. The number of hydrogen-bond acceptors (Lipinski definition) is 4. The molecule has 3 amide bonds. The van der Waals surface area contributed by atoms with Crippen LogP contribution in [0.3, 0.4) is 0 Å². The molecule has 3 N–H and O–H groups in total. The number of anilines is 1.